The number of methoxy groups -OCH3 is 1. The summed E-state index contributed by atoms with van der Waals surface area (Å²) in [6.45, 7) is 6.66. The lowest BCUT2D eigenvalue weighted by atomic mass is 9.93. The summed E-state index contributed by atoms with van der Waals surface area (Å²) < 4.78 is 4.89. The van der Waals surface area contributed by atoms with Crippen LogP contribution in [0.2, 0.25) is 0 Å². The van der Waals surface area contributed by atoms with Crippen molar-refractivity contribution in [1.29, 1.82) is 5.26 Å². The molecule has 0 aliphatic carbocycles. The topological polar surface area (TPSA) is 48.6 Å². The van der Waals surface area contributed by atoms with Gasteiger partial charge in [0.05, 0.1) is 18.7 Å². The number of aliphatic imine (C=N–C) groups is 1. The van der Waals surface area contributed by atoms with E-state index in [1.54, 1.807) is 6.21 Å². The van der Waals surface area contributed by atoms with Gasteiger partial charge in [-0.05, 0) is 61.3 Å². The van der Waals surface area contributed by atoms with E-state index in [0.29, 0.717) is 11.4 Å². The molecule has 1 aliphatic rings. The monoisotopic (exact) mass is 295 g/mol. The average molecular weight is 295 g/mol. The summed E-state index contributed by atoms with van der Waals surface area (Å²) in [4.78, 5) is 6.27. The maximum absolute atomic E-state index is 9.44. The number of aryl methyl sites for hydroxylation is 1. The van der Waals surface area contributed by atoms with Gasteiger partial charge in [0.15, 0.2) is 0 Å². The highest BCUT2D eigenvalue weighted by molar-refractivity contribution is 5.86. The number of fused-ring (bicyclic) bond motifs is 1. The minimum Gasteiger partial charge on any atom is -0.481 e. The lowest BCUT2D eigenvalue weighted by Gasteiger charge is -2.28. The number of benzene rings is 1. The molecule has 0 fully saturated rings. The fraction of sp³-hybridized carbons (Fsp3) is 0.333. The fourth-order valence-electron chi connectivity index (χ4n) is 2.61. The average Bonchev–Trinajstić information content (AvgIpc) is 2.53. The molecule has 0 aromatic heterocycles. The first-order valence-electron chi connectivity index (χ1n) is 7.29. The molecule has 0 atom stereocenters. The molecule has 0 saturated heterocycles. The van der Waals surface area contributed by atoms with Crippen LogP contribution in [0.5, 0.6) is 0 Å². The number of hydrogen-bond donors (Lipinski definition) is 0. The Hall–Kier alpha value is -2.54. The summed E-state index contributed by atoms with van der Waals surface area (Å²) in [5.74, 6) is 0.358. The van der Waals surface area contributed by atoms with Crippen molar-refractivity contribution in [2.75, 3.05) is 25.6 Å². The Morgan fingerprint density at radius 1 is 1.50 bits per heavy atom. The highest BCUT2D eigenvalue weighted by Crippen LogP contribution is 2.31. The molecular weight excluding hydrogens is 274 g/mol. The Bertz CT molecular complexity index is 680. The Balaban J connectivity index is 2.38. The second-order valence-corrected chi connectivity index (χ2v) is 5.39. The lowest BCUT2D eigenvalue weighted by Crippen LogP contribution is -2.24. The zero-order chi connectivity index (χ0) is 16.1. The molecule has 0 saturated carbocycles. The van der Waals surface area contributed by atoms with E-state index in [1.165, 1.54) is 18.4 Å². The Morgan fingerprint density at radius 3 is 2.95 bits per heavy atom. The van der Waals surface area contributed by atoms with Crippen LogP contribution in [0, 0.1) is 11.3 Å². The van der Waals surface area contributed by atoms with E-state index in [9.17, 15) is 5.26 Å². The minimum atomic E-state index is 0.358. The fourth-order valence-corrected chi connectivity index (χ4v) is 2.61. The van der Waals surface area contributed by atoms with Crippen LogP contribution in [0.4, 0.5) is 5.69 Å². The van der Waals surface area contributed by atoms with E-state index in [1.807, 2.05) is 19.1 Å². The smallest absolute Gasteiger partial charge is 0.205 e. The second kappa shape index (κ2) is 6.95. The van der Waals surface area contributed by atoms with Gasteiger partial charge in [0.25, 0.3) is 0 Å². The van der Waals surface area contributed by atoms with E-state index in [-0.39, 0.29) is 0 Å². The molecule has 4 heteroatoms. The molecule has 22 heavy (non-hydrogen) atoms. The second-order valence-electron chi connectivity index (χ2n) is 5.39. The highest BCUT2D eigenvalue weighted by Gasteiger charge is 2.17. The Morgan fingerprint density at radius 2 is 2.27 bits per heavy atom. The molecule has 0 spiro atoms. The van der Waals surface area contributed by atoms with Gasteiger partial charge in [-0.3, -0.25) is 0 Å². The van der Waals surface area contributed by atoms with Crippen molar-refractivity contribution in [2.45, 2.75) is 19.8 Å². The van der Waals surface area contributed by atoms with Crippen LogP contribution < -0.4 is 4.90 Å². The van der Waals surface area contributed by atoms with Crippen molar-refractivity contribution >= 4 is 17.5 Å². The van der Waals surface area contributed by atoms with Crippen LogP contribution in [-0.4, -0.2) is 26.9 Å². The van der Waals surface area contributed by atoms with Crippen LogP contribution in [-0.2, 0) is 11.2 Å². The SMILES string of the molecule is C=C(/N=C\C=C(/C)c1cc2c(cc1C#N)N(C)CCC2)OC. The van der Waals surface area contributed by atoms with Crippen molar-refractivity contribution in [3.05, 3.63) is 47.4 Å². The molecule has 1 aliphatic heterocycles. The van der Waals surface area contributed by atoms with Gasteiger partial charge in [-0.15, -0.1) is 0 Å². The number of rotatable bonds is 4. The third-order valence-corrected chi connectivity index (χ3v) is 3.89. The molecule has 1 aromatic rings. The van der Waals surface area contributed by atoms with Gasteiger partial charge >= 0.3 is 0 Å². The number of ether oxygens (including phenoxy) is 1. The van der Waals surface area contributed by atoms with Gasteiger partial charge < -0.3 is 9.64 Å². The molecule has 4 nitrogen and oxygen atoms in total. The van der Waals surface area contributed by atoms with Gasteiger partial charge in [0.2, 0.25) is 5.88 Å². The van der Waals surface area contributed by atoms with Crippen LogP contribution in [0.15, 0.2) is 35.7 Å². The van der Waals surface area contributed by atoms with Crippen LogP contribution in [0.3, 0.4) is 0 Å². The zero-order valence-corrected chi connectivity index (χ0v) is 13.4. The summed E-state index contributed by atoms with van der Waals surface area (Å²) in [6, 6.07) is 6.43. The summed E-state index contributed by atoms with van der Waals surface area (Å²) in [5.41, 5.74) is 5.13. The van der Waals surface area contributed by atoms with Crippen LogP contribution >= 0.6 is 0 Å². The standard InChI is InChI=1S/C18H21N3O/c1-13(7-8-20-14(2)22-4)17-10-15-6-5-9-21(3)18(15)11-16(17)12-19/h7-8,10-11H,2,5-6,9H2,1,3-4H3/b13-7+,20-8-. The number of anilines is 1. The normalized spacial score (nSPS) is 14.6. The predicted octanol–water partition coefficient (Wildman–Crippen LogP) is 3.53. The van der Waals surface area contributed by atoms with Crippen molar-refractivity contribution in [3.8, 4) is 6.07 Å². The maximum Gasteiger partial charge on any atom is 0.205 e. The van der Waals surface area contributed by atoms with Crippen molar-refractivity contribution in [1.82, 2.24) is 0 Å². The molecule has 0 N–H and O–H groups in total. The lowest BCUT2D eigenvalue weighted by molar-refractivity contribution is 0.291. The molecule has 2 rings (SSSR count). The Kier molecular flexibility index (Phi) is 5.00. The Labute approximate surface area is 132 Å². The van der Waals surface area contributed by atoms with E-state index < -0.39 is 0 Å². The molecule has 0 bridgehead atoms. The zero-order valence-electron chi connectivity index (χ0n) is 13.4. The van der Waals surface area contributed by atoms with Gasteiger partial charge in [-0.2, -0.15) is 5.26 Å². The molecule has 0 amide bonds. The van der Waals surface area contributed by atoms with Gasteiger partial charge in [-0.25, -0.2) is 4.99 Å². The van der Waals surface area contributed by atoms with Crippen LogP contribution in [0.1, 0.15) is 30.0 Å². The summed E-state index contributed by atoms with van der Waals surface area (Å²) >= 11 is 0. The number of allylic oxidation sites excluding steroid dienone is 2. The summed E-state index contributed by atoms with van der Waals surface area (Å²) in [7, 11) is 3.61. The third-order valence-electron chi connectivity index (χ3n) is 3.89. The highest BCUT2D eigenvalue weighted by atomic mass is 16.5. The number of hydrogen-bond acceptors (Lipinski definition) is 4. The van der Waals surface area contributed by atoms with Crippen molar-refractivity contribution in [2.24, 2.45) is 4.99 Å². The summed E-state index contributed by atoms with van der Waals surface area (Å²) in [6.07, 6.45) is 5.72. The number of nitrogens with zero attached hydrogens (tertiary/aromatic N) is 3. The van der Waals surface area contributed by atoms with Gasteiger partial charge in [-0.1, -0.05) is 0 Å². The molecule has 114 valence electrons. The largest absolute Gasteiger partial charge is 0.481 e. The summed E-state index contributed by atoms with van der Waals surface area (Å²) in [5, 5.41) is 9.44. The van der Waals surface area contributed by atoms with E-state index in [4.69, 9.17) is 4.74 Å². The quantitative estimate of drug-likeness (QED) is 0.630. The van der Waals surface area contributed by atoms with Crippen LogP contribution in [0.25, 0.3) is 5.57 Å². The molecule has 1 heterocycles. The first-order chi connectivity index (χ1) is 10.6. The third kappa shape index (κ3) is 3.37. The maximum atomic E-state index is 9.44. The van der Waals surface area contributed by atoms with E-state index >= 15 is 0 Å². The van der Waals surface area contributed by atoms with E-state index in [0.717, 1.165) is 30.5 Å². The first-order valence-corrected chi connectivity index (χ1v) is 7.29. The van der Waals surface area contributed by atoms with Crippen molar-refractivity contribution in [3.63, 3.8) is 0 Å². The molecule has 0 radical (unpaired) electrons. The predicted molar refractivity (Wildman–Crippen MR) is 91.0 cm³/mol. The molecule has 0 unspecified atom stereocenters. The number of nitriles is 1. The van der Waals surface area contributed by atoms with E-state index in [2.05, 4.69) is 35.7 Å². The minimum absolute atomic E-state index is 0.358. The van der Waals surface area contributed by atoms with Gasteiger partial charge in [0.1, 0.15) is 0 Å². The first kappa shape index (κ1) is 15.8. The molecule has 1 aromatic carbocycles. The van der Waals surface area contributed by atoms with Crippen molar-refractivity contribution < 1.29 is 4.74 Å². The van der Waals surface area contributed by atoms with Gasteiger partial charge in [0, 0.05) is 25.5 Å². The molecular formula is C18H21N3O.